The van der Waals surface area contributed by atoms with Crippen molar-refractivity contribution in [2.75, 3.05) is 4.90 Å². The molecule has 0 spiro atoms. The largest absolute Gasteiger partial charge is 0.295 e. The molecule has 3 aromatic rings. The molecule has 0 saturated heterocycles. The average molecular weight is 433 g/mol. The maximum absolute atomic E-state index is 12.6. The van der Waals surface area contributed by atoms with E-state index in [4.69, 9.17) is 0 Å². The average Bonchev–Trinajstić information content (AvgIpc) is 2.90. The Balaban J connectivity index is 1.96. The van der Waals surface area contributed by atoms with Crippen LogP contribution >= 0.6 is 0 Å². The number of benzene rings is 3. The lowest BCUT2D eigenvalue weighted by atomic mass is 10.1. The number of imide groups is 1. The molecule has 2 N–H and O–H groups in total. The van der Waals surface area contributed by atoms with Crippen LogP contribution in [0.5, 0.6) is 0 Å². The number of anilines is 1. The minimum absolute atomic E-state index is 0.0354. The second-order valence-corrected chi connectivity index (χ2v) is 9.08. The first kappa shape index (κ1) is 19.2. The van der Waals surface area contributed by atoms with Gasteiger partial charge in [-0.3, -0.25) is 18.7 Å². The van der Waals surface area contributed by atoms with Gasteiger partial charge in [-0.05, 0) is 41.8 Å². The van der Waals surface area contributed by atoms with Crippen molar-refractivity contribution < 1.29 is 35.5 Å². The molecule has 0 saturated carbocycles. The number of nitrogens with zero attached hydrogens (tertiary/aromatic N) is 1. The van der Waals surface area contributed by atoms with Gasteiger partial charge in [0.25, 0.3) is 32.1 Å². The number of carbonyl (C=O) groups excluding carboxylic acids is 2. The fourth-order valence-electron chi connectivity index (χ4n) is 3.21. The van der Waals surface area contributed by atoms with Crippen LogP contribution in [0, 0.1) is 0 Å². The highest BCUT2D eigenvalue weighted by atomic mass is 32.2. The molecule has 1 aliphatic heterocycles. The second-order valence-electron chi connectivity index (χ2n) is 6.27. The third-order valence-electron chi connectivity index (χ3n) is 4.50. The Kier molecular flexibility index (Phi) is 4.10. The number of fused-ring (bicyclic) bond motifs is 2. The SMILES string of the molecule is O=C1c2ccccc2C(=O)N1c1ccc2cc(S(=O)(=O)O)cc(S(=O)(=O)O)c2c1. The van der Waals surface area contributed by atoms with Gasteiger partial charge in [-0.2, -0.15) is 16.8 Å². The van der Waals surface area contributed by atoms with E-state index < -0.39 is 41.8 Å². The quantitative estimate of drug-likeness (QED) is 0.472. The highest BCUT2D eigenvalue weighted by molar-refractivity contribution is 7.86. The molecule has 0 radical (unpaired) electrons. The van der Waals surface area contributed by atoms with E-state index in [1.807, 2.05) is 0 Å². The van der Waals surface area contributed by atoms with E-state index in [9.17, 15) is 35.5 Å². The van der Waals surface area contributed by atoms with Crippen LogP contribution in [0.15, 0.2) is 64.4 Å². The lowest BCUT2D eigenvalue weighted by Crippen LogP contribution is -2.29. The van der Waals surface area contributed by atoms with Gasteiger partial charge in [-0.1, -0.05) is 18.2 Å². The summed E-state index contributed by atoms with van der Waals surface area (Å²) in [7, 11) is -9.65. The van der Waals surface area contributed by atoms with Gasteiger partial charge in [-0.25, -0.2) is 4.90 Å². The van der Waals surface area contributed by atoms with Gasteiger partial charge >= 0.3 is 0 Å². The minimum Gasteiger partial charge on any atom is -0.282 e. The molecule has 0 aromatic heterocycles. The summed E-state index contributed by atoms with van der Waals surface area (Å²) in [5.41, 5.74) is 0.414. The fourth-order valence-corrected chi connectivity index (χ4v) is 4.56. The zero-order chi connectivity index (χ0) is 21.1. The normalized spacial score (nSPS) is 14.5. The lowest BCUT2D eigenvalue weighted by Gasteiger charge is -2.16. The third-order valence-corrected chi connectivity index (χ3v) is 6.23. The van der Waals surface area contributed by atoms with E-state index >= 15 is 0 Å². The molecule has 148 valence electrons. The monoisotopic (exact) mass is 433 g/mol. The smallest absolute Gasteiger partial charge is 0.282 e. The molecule has 0 fully saturated rings. The summed E-state index contributed by atoms with van der Waals surface area (Å²) >= 11 is 0. The van der Waals surface area contributed by atoms with Crippen molar-refractivity contribution >= 4 is 48.5 Å². The molecule has 0 aliphatic carbocycles. The Morgan fingerprint density at radius 2 is 1.31 bits per heavy atom. The van der Waals surface area contributed by atoms with Crippen LogP contribution in [0.1, 0.15) is 20.7 Å². The molecule has 3 aromatic carbocycles. The van der Waals surface area contributed by atoms with E-state index in [1.54, 1.807) is 12.1 Å². The third kappa shape index (κ3) is 3.09. The number of rotatable bonds is 3. The molecule has 29 heavy (non-hydrogen) atoms. The van der Waals surface area contributed by atoms with E-state index in [0.29, 0.717) is 6.07 Å². The van der Waals surface area contributed by atoms with Gasteiger partial charge < -0.3 is 0 Å². The van der Waals surface area contributed by atoms with Crippen molar-refractivity contribution in [1.29, 1.82) is 0 Å². The van der Waals surface area contributed by atoms with Gasteiger partial charge in [-0.15, -0.1) is 0 Å². The summed E-state index contributed by atoms with van der Waals surface area (Å²) in [6.07, 6.45) is 0. The van der Waals surface area contributed by atoms with E-state index in [-0.39, 0.29) is 27.6 Å². The van der Waals surface area contributed by atoms with Gasteiger partial charge in [0, 0.05) is 5.39 Å². The summed E-state index contributed by atoms with van der Waals surface area (Å²) in [4.78, 5) is 24.6. The highest BCUT2D eigenvalue weighted by Crippen LogP contribution is 2.34. The molecule has 1 aliphatic rings. The molecule has 1 heterocycles. The predicted molar refractivity (Wildman–Crippen MR) is 101 cm³/mol. The summed E-state index contributed by atoms with van der Waals surface area (Å²) in [5, 5.41) is -0.0814. The maximum atomic E-state index is 12.6. The number of carbonyl (C=O) groups is 2. The van der Waals surface area contributed by atoms with Gasteiger partial charge in [0.05, 0.1) is 21.7 Å². The Labute approximate surface area is 164 Å². The summed E-state index contributed by atoms with van der Waals surface area (Å²) in [6.45, 7) is 0. The number of hydrogen-bond acceptors (Lipinski definition) is 6. The van der Waals surface area contributed by atoms with E-state index in [1.165, 1.54) is 30.3 Å². The summed E-state index contributed by atoms with van der Waals surface area (Å²) in [6, 6.07) is 11.5. The van der Waals surface area contributed by atoms with Gasteiger partial charge in [0.15, 0.2) is 0 Å². The first-order valence-corrected chi connectivity index (χ1v) is 10.9. The van der Waals surface area contributed by atoms with Crippen molar-refractivity contribution in [2.45, 2.75) is 9.79 Å². The molecule has 4 rings (SSSR count). The Hall–Kier alpha value is -3.12. The minimum atomic E-state index is -4.90. The zero-order valence-corrected chi connectivity index (χ0v) is 15.9. The molecule has 9 nitrogen and oxygen atoms in total. The molecule has 11 heteroatoms. The van der Waals surface area contributed by atoms with Crippen LogP contribution in [-0.4, -0.2) is 37.8 Å². The number of hydrogen-bond donors (Lipinski definition) is 2. The molecule has 2 amide bonds. The number of amides is 2. The van der Waals surface area contributed by atoms with Crippen molar-refractivity contribution in [1.82, 2.24) is 0 Å². The Morgan fingerprint density at radius 1 is 0.724 bits per heavy atom. The molecule has 0 bridgehead atoms. The summed E-state index contributed by atoms with van der Waals surface area (Å²) < 4.78 is 65.2. The van der Waals surface area contributed by atoms with E-state index in [2.05, 4.69) is 0 Å². The standard InChI is InChI=1S/C18H11NO8S2/c20-17-13-3-1-2-4-14(13)18(21)19(17)11-6-5-10-7-12(28(22,23)24)9-16(15(10)8-11)29(25,26)27/h1-9H,(H,22,23,24)(H,25,26,27). The highest BCUT2D eigenvalue weighted by Gasteiger charge is 2.36. The Bertz CT molecular complexity index is 1410. The van der Waals surface area contributed by atoms with Crippen molar-refractivity contribution in [2.24, 2.45) is 0 Å². The van der Waals surface area contributed by atoms with Gasteiger partial charge in [0.1, 0.15) is 4.90 Å². The molecule has 0 unspecified atom stereocenters. The van der Waals surface area contributed by atoms with Crippen LogP contribution < -0.4 is 4.90 Å². The van der Waals surface area contributed by atoms with Crippen molar-refractivity contribution in [3.63, 3.8) is 0 Å². The first-order chi connectivity index (χ1) is 13.5. The first-order valence-electron chi connectivity index (χ1n) is 7.99. The lowest BCUT2D eigenvalue weighted by molar-refractivity contribution is 0.0926. The Morgan fingerprint density at radius 3 is 1.83 bits per heavy atom. The maximum Gasteiger partial charge on any atom is 0.295 e. The van der Waals surface area contributed by atoms with Crippen LogP contribution in [-0.2, 0) is 20.2 Å². The van der Waals surface area contributed by atoms with Crippen LogP contribution in [0.25, 0.3) is 10.8 Å². The predicted octanol–water partition coefficient (Wildman–Crippen LogP) is 2.13. The van der Waals surface area contributed by atoms with Crippen LogP contribution in [0.4, 0.5) is 5.69 Å². The molecular weight excluding hydrogens is 422 g/mol. The fraction of sp³-hybridized carbons (Fsp3) is 0. The van der Waals surface area contributed by atoms with Gasteiger partial charge in [0.2, 0.25) is 0 Å². The molecule has 0 atom stereocenters. The van der Waals surface area contributed by atoms with Crippen molar-refractivity contribution in [3.8, 4) is 0 Å². The molecular formula is C18H11NO8S2. The van der Waals surface area contributed by atoms with E-state index in [0.717, 1.165) is 11.0 Å². The van der Waals surface area contributed by atoms with Crippen LogP contribution in [0.3, 0.4) is 0 Å². The zero-order valence-electron chi connectivity index (χ0n) is 14.3. The summed E-state index contributed by atoms with van der Waals surface area (Å²) in [5.74, 6) is -1.21. The second kappa shape index (κ2) is 6.19. The van der Waals surface area contributed by atoms with Crippen molar-refractivity contribution in [3.05, 3.63) is 65.7 Å². The topological polar surface area (TPSA) is 146 Å². The van der Waals surface area contributed by atoms with Crippen LogP contribution in [0.2, 0.25) is 0 Å².